The van der Waals surface area contributed by atoms with Gasteiger partial charge < -0.3 is 4.90 Å². The molecule has 1 amide bonds. The van der Waals surface area contributed by atoms with Crippen molar-refractivity contribution in [1.29, 1.82) is 0 Å². The predicted octanol–water partition coefficient (Wildman–Crippen LogP) is 2.89. The van der Waals surface area contributed by atoms with Crippen LogP contribution < -0.4 is 10.6 Å². The number of benzene rings is 2. The fourth-order valence-electron chi connectivity index (χ4n) is 3.96. The van der Waals surface area contributed by atoms with Gasteiger partial charge >= 0.3 is 5.69 Å². The Morgan fingerprint density at radius 3 is 2.57 bits per heavy atom. The van der Waals surface area contributed by atoms with Crippen LogP contribution in [0.2, 0.25) is 0 Å². The van der Waals surface area contributed by atoms with Crippen LogP contribution in [0.4, 0.5) is 5.69 Å². The molecular formula is C22H22N4O2. The van der Waals surface area contributed by atoms with Gasteiger partial charge in [-0.05, 0) is 49.4 Å². The SMILES string of the molecule is O=C(Cn1nc(C2CC2)n(-c2ccccc2)c1=O)N1CCCc2ccccc21. The van der Waals surface area contributed by atoms with Crippen LogP contribution in [0.15, 0.2) is 59.4 Å². The Balaban J connectivity index is 1.48. The summed E-state index contributed by atoms with van der Waals surface area (Å²) in [5, 5.41) is 4.56. The average Bonchev–Trinajstić information content (AvgIpc) is 3.53. The molecule has 1 aliphatic heterocycles. The number of anilines is 1. The number of aromatic nitrogens is 3. The maximum Gasteiger partial charge on any atom is 0.351 e. The minimum atomic E-state index is -0.244. The first-order chi connectivity index (χ1) is 13.7. The van der Waals surface area contributed by atoms with E-state index >= 15 is 0 Å². The summed E-state index contributed by atoms with van der Waals surface area (Å²) in [6.45, 7) is 0.645. The molecule has 0 unspecified atom stereocenters. The fourth-order valence-corrected chi connectivity index (χ4v) is 3.96. The molecule has 2 heterocycles. The lowest BCUT2D eigenvalue weighted by atomic mass is 10.0. The molecule has 1 fully saturated rings. The maximum atomic E-state index is 13.1. The van der Waals surface area contributed by atoms with Gasteiger partial charge in [0.15, 0.2) is 0 Å². The molecule has 0 N–H and O–H groups in total. The van der Waals surface area contributed by atoms with E-state index in [0.717, 1.165) is 42.9 Å². The summed E-state index contributed by atoms with van der Waals surface area (Å²) in [5.41, 5.74) is 2.70. The van der Waals surface area contributed by atoms with Gasteiger partial charge in [0.05, 0.1) is 5.69 Å². The van der Waals surface area contributed by atoms with Crippen molar-refractivity contribution in [3.8, 4) is 5.69 Å². The van der Waals surface area contributed by atoms with Crippen molar-refractivity contribution in [1.82, 2.24) is 14.3 Å². The number of aryl methyl sites for hydroxylation is 1. The lowest BCUT2D eigenvalue weighted by Gasteiger charge is -2.29. The van der Waals surface area contributed by atoms with Gasteiger partial charge in [-0.1, -0.05) is 36.4 Å². The van der Waals surface area contributed by atoms with Gasteiger partial charge in [-0.15, -0.1) is 0 Å². The minimum Gasteiger partial charge on any atom is -0.311 e. The lowest BCUT2D eigenvalue weighted by molar-refractivity contribution is -0.119. The molecule has 6 nitrogen and oxygen atoms in total. The summed E-state index contributed by atoms with van der Waals surface area (Å²) >= 11 is 0. The molecule has 0 radical (unpaired) electrons. The highest BCUT2D eigenvalue weighted by Gasteiger charge is 2.32. The number of carbonyl (C=O) groups is 1. The van der Waals surface area contributed by atoms with Crippen LogP contribution >= 0.6 is 0 Å². The van der Waals surface area contributed by atoms with E-state index in [1.165, 1.54) is 10.2 Å². The fraction of sp³-hybridized carbons (Fsp3) is 0.318. The first-order valence-electron chi connectivity index (χ1n) is 9.86. The smallest absolute Gasteiger partial charge is 0.311 e. The van der Waals surface area contributed by atoms with E-state index < -0.39 is 0 Å². The summed E-state index contributed by atoms with van der Waals surface area (Å²) in [4.78, 5) is 27.9. The van der Waals surface area contributed by atoms with Crippen LogP contribution in [-0.2, 0) is 17.8 Å². The van der Waals surface area contributed by atoms with Gasteiger partial charge in [-0.2, -0.15) is 5.10 Å². The number of para-hydroxylation sites is 2. The second-order valence-corrected chi connectivity index (χ2v) is 7.52. The van der Waals surface area contributed by atoms with Gasteiger partial charge in [-0.3, -0.25) is 4.79 Å². The topological polar surface area (TPSA) is 60.1 Å². The van der Waals surface area contributed by atoms with E-state index in [4.69, 9.17) is 0 Å². The van der Waals surface area contributed by atoms with E-state index in [1.54, 1.807) is 9.47 Å². The number of nitrogens with zero attached hydrogens (tertiary/aromatic N) is 4. The van der Waals surface area contributed by atoms with E-state index in [9.17, 15) is 9.59 Å². The molecule has 2 aliphatic rings. The standard InChI is InChI=1S/C22H22N4O2/c27-20(24-14-6-8-16-7-4-5-11-19(16)24)15-25-22(28)26(18-9-2-1-3-10-18)21(23-25)17-12-13-17/h1-5,7,9-11,17H,6,8,12-15H2. The Hall–Kier alpha value is -3.15. The van der Waals surface area contributed by atoms with Crippen molar-refractivity contribution >= 4 is 11.6 Å². The summed E-state index contributed by atoms with van der Waals surface area (Å²) < 4.78 is 3.00. The normalized spacial score (nSPS) is 16.1. The zero-order valence-electron chi connectivity index (χ0n) is 15.6. The predicted molar refractivity (Wildman–Crippen MR) is 107 cm³/mol. The molecule has 142 valence electrons. The van der Waals surface area contributed by atoms with E-state index in [2.05, 4.69) is 11.2 Å². The van der Waals surface area contributed by atoms with Crippen LogP contribution in [0.3, 0.4) is 0 Å². The van der Waals surface area contributed by atoms with Gasteiger partial charge in [0.1, 0.15) is 12.4 Å². The minimum absolute atomic E-state index is 0.0350. The van der Waals surface area contributed by atoms with Crippen molar-refractivity contribution in [2.75, 3.05) is 11.4 Å². The second kappa shape index (κ2) is 6.78. The van der Waals surface area contributed by atoms with Crippen LogP contribution in [-0.4, -0.2) is 26.8 Å². The van der Waals surface area contributed by atoms with E-state index in [1.807, 2.05) is 48.5 Å². The van der Waals surface area contributed by atoms with Crippen molar-refractivity contribution in [3.63, 3.8) is 0 Å². The monoisotopic (exact) mass is 374 g/mol. The lowest BCUT2D eigenvalue weighted by Crippen LogP contribution is -2.40. The number of hydrogen-bond acceptors (Lipinski definition) is 3. The number of hydrogen-bond donors (Lipinski definition) is 0. The molecule has 0 saturated heterocycles. The molecule has 1 aliphatic carbocycles. The van der Waals surface area contributed by atoms with Crippen LogP contribution in [0.5, 0.6) is 0 Å². The van der Waals surface area contributed by atoms with Crippen molar-refractivity contribution < 1.29 is 4.79 Å². The number of carbonyl (C=O) groups excluding carboxylic acids is 1. The Labute approximate surface area is 163 Å². The summed E-state index contributed by atoms with van der Waals surface area (Å²) in [6, 6.07) is 17.5. The molecular weight excluding hydrogens is 352 g/mol. The first-order valence-corrected chi connectivity index (χ1v) is 9.86. The zero-order valence-corrected chi connectivity index (χ0v) is 15.6. The van der Waals surface area contributed by atoms with Crippen LogP contribution in [0.25, 0.3) is 5.69 Å². The van der Waals surface area contributed by atoms with E-state index in [-0.39, 0.29) is 18.1 Å². The molecule has 1 aromatic heterocycles. The zero-order chi connectivity index (χ0) is 19.1. The Bertz CT molecular complexity index is 1080. The molecule has 6 heteroatoms. The molecule has 0 atom stereocenters. The molecule has 1 saturated carbocycles. The highest BCUT2D eigenvalue weighted by Crippen LogP contribution is 2.39. The van der Waals surface area contributed by atoms with Crippen molar-refractivity contribution in [2.45, 2.75) is 38.1 Å². The maximum absolute atomic E-state index is 13.1. The summed E-state index contributed by atoms with van der Waals surface area (Å²) in [7, 11) is 0. The highest BCUT2D eigenvalue weighted by molar-refractivity contribution is 5.94. The third-order valence-electron chi connectivity index (χ3n) is 5.52. The van der Waals surface area contributed by atoms with Gasteiger partial charge in [0.2, 0.25) is 5.91 Å². The molecule has 28 heavy (non-hydrogen) atoms. The number of rotatable bonds is 4. The molecule has 3 aromatic rings. The third kappa shape index (κ3) is 2.95. The molecule has 0 bridgehead atoms. The Morgan fingerprint density at radius 2 is 1.79 bits per heavy atom. The van der Waals surface area contributed by atoms with Crippen LogP contribution in [0.1, 0.15) is 36.6 Å². The van der Waals surface area contributed by atoms with Crippen molar-refractivity contribution in [3.05, 3.63) is 76.5 Å². The largest absolute Gasteiger partial charge is 0.351 e. The van der Waals surface area contributed by atoms with Gasteiger partial charge in [0.25, 0.3) is 0 Å². The third-order valence-corrected chi connectivity index (χ3v) is 5.52. The number of amides is 1. The Kier molecular flexibility index (Phi) is 4.11. The first kappa shape index (κ1) is 17.0. The second-order valence-electron chi connectivity index (χ2n) is 7.52. The molecule has 0 spiro atoms. The van der Waals surface area contributed by atoms with E-state index in [0.29, 0.717) is 12.5 Å². The highest BCUT2D eigenvalue weighted by atomic mass is 16.2. The Morgan fingerprint density at radius 1 is 1.04 bits per heavy atom. The molecule has 5 rings (SSSR count). The average molecular weight is 374 g/mol. The quantitative estimate of drug-likeness (QED) is 0.706. The number of fused-ring (bicyclic) bond motifs is 1. The van der Waals surface area contributed by atoms with Gasteiger partial charge in [-0.25, -0.2) is 14.0 Å². The summed E-state index contributed by atoms with van der Waals surface area (Å²) in [5.74, 6) is 0.984. The van der Waals surface area contributed by atoms with Crippen LogP contribution in [0, 0.1) is 0 Å². The summed E-state index contributed by atoms with van der Waals surface area (Å²) in [6.07, 6.45) is 3.99. The van der Waals surface area contributed by atoms with Gasteiger partial charge in [0, 0.05) is 18.2 Å². The molecule has 2 aromatic carbocycles. The van der Waals surface area contributed by atoms with Crippen molar-refractivity contribution in [2.24, 2.45) is 0 Å².